The third-order valence-corrected chi connectivity index (χ3v) is 8.10. The second-order valence-corrected chi connectivity index (χ2v) is 11.1. The van der Waals surface area contributed by atoms with E-state index in [0.717, 1.165) is 64.0 Å². The summed E-state index contributed by atoms with van der Waals surface area (Å²) in [6, 6.07) is 41.7. The van der Waals surface area contributed by atoms with Crippen LogP contribution in [0.1, 0.15) is 55.6 Å². The van der Waals surface area contributed by atoms with Crippen LogP contribution >= 0.6 is 0 Å². The lowest BCUT2D eigenvalue weighted by Gasteiger charge is -2.31. The van der Waals surface area contributed by atoms with Crippen molar-refractivity contribution in [2.75, 3.05) is 0 Å². The van der Waals surface area contributed by atoms with Crippen molar-refractivity contribution in [2.45, 2.75) is 51.7 Å². The fraction of sp³-hybridized carbons (Fsp3) is 0.211. The van der Waals surface area contributed by atoms with Crippen molar-refractivity contribution >= 4 is 21.8 Å². The molecule has 4 nitrogen and oxygen atoms in total. The van der Waals surface area contributed by atoms with E-state index in [9.17, 15) is 0 Å². The monoisotopic (exact) mass is 552 g/mol. The number of unbranched alkanes of at least 4 members (excludes halogenated alkanes) is 1. The summed E-state index contributed by atoms with van der Waals surface area (Å²) in [6.45, 7) is 5.46. The topological polar surface area (TPSA) is 44.2 Å². The number of hydrogen-bond acceptors (Lipinski definition) is 4. The van der Waals surface area contributed by atoms with E-state index in [1.165, 1.54) is 11.1 Å². The van der Waals surface area contributed by atoms with E-state index >= 15 is 0 Å². The summed E-state index contributed by atoms with van der Waals surface area (Å²) in [6.07, 6.45) is 3.36. The van der Waals surface area contributed by atoms with Gasteiger partial charge in [-0.2, -0.15) is 0 Å². The SMILES string of the molecule is CCCCC(C)(c1ccc(OCc2ccc3ccccc3n2)cc1)c1ccc(OCc2ccc3ccccc3n2)cc1. The third kappa shape index (κ3) is 6.13. The van der Waals surface area contributed by atoms with Crippen molar-refractivity contribution in [1.29, 1.82) is 0 Å². The van der Waals surface area contributed by atoms with Gasteiger partial charge in [-0.25, -0.2) is 9.97 Å². The molecule has 0 bridgehead atoms. The molecule has 6 rings (SSSR count). The van der Waals surface area contributed by atoms with Gasteiger partial charge in [0.1, 0.15) is 24.7 Å². The van der Waals surface area contributed by atoms with Crippen molar-refractivity contribution in [2.24, 2.45) is 0 Å². The van der Waals surface area contributed by atoms with Gasteiger partial charge in [-0.3, -0.25) is 0 Å². The van der Waals surface area contributed by atoms with E-state index in [2.05, 4.69) is 86.6 Å². The Bertz CT molecular complexity index is 1650. The van der Waals surface area contributed by atoms with Crippen LogP contribution in [-0.4, -0.2) is 9.97 Å². The standard InChI is InChI=1S/C38H36N2O2/c1-3-4-25-38(2,30-15-21-34(22-16-30)41-26-32-19-13-28-9-5-7-11-36(28)39-32)31-17-23-35(24-18-31)42-27-33-20-14-29-10-6-8-12-37(29)40-33/h5-24H,3-4,25-27H2,1-2H3. The van der Waals surface area contributed by atoms with Gasteiger partial charge in [-0.05, 0) is 66.1 Å². The minimum Gasteiger partial charge on any atom is -0.487 e. The molecule has 0 fully saturated rings. The number of hydrogen-bond donors (Lipinski definition) is 0. The minimum atomic E-state index is -0.118. The van der Waals surface area contributed by atoms with Crippen LogP contribution in [0.3, 0.4) is 0 Å². The molecule has 2 aromatic heterocycles. The van der Waals surface area contributed by atoms with Crippen LogP contribution in [-0.2, 0) is 18.6 Å². The first-order valence-electron chi connectivity index (χ1n) is 14.8. The van der Waals surface area contributed by atoms with Gasteiger partial charge in [0, 0.05) is 16.2 Å². The maximum absolute atomic E-state index is 6.11. The van der Waals surface area contributed by atoms with Gasteiger partial charge in [-0.1, -0.05) is 99.5 Å². The van der Waals surface area contributed by atoms with E-state index < -0.39 is 0 Å². The zero-order valence-corrected chi connectivity index (χ0v) is 24.3. The molecule has 0 radical (unpaired) electrons. The van der Waals surface area contributed by atoms with Gasteiger partial charge in [0.05, 0.1) is 22.4 Å². The molecule has 0 aliphatic heterocycles. The fourth-order valence-corrected chi connectivity index (χ4v) is 5.52. The van der Waals surface area contributed by atoms with Crippen LogP contribution < -0.4 is 9.47 Å². The third-order valence-electron chi connectivity index (χ3n) is 8.10. The number of rotatable bonds is 11. The molecule has 4 heteroatoms. The number of benzene rings is 4. The molecule has 42 heavy (non-hydrogen) atoms. The molecule has 0 atom stereocenters. The van der Waals surface area contributed by atoms with Crippen molar-refractivity contribution in [1.82, 2.24) is 9.97 Å². The van der Waals surface area contributed by atoms with E-state index in [1.807, 2.05) is 48.5 Å². The molecule has 0 saturated carbocycles. The molecule has 6 aromatic rings. The van der Waals surface area contributed by atoms with Crippen LogP contribution in [0.2, 0.25) is 0 Å². The Hall–Kier alpha value is -4.70. The largest absolute Gasteiger partial charge is 0.487 e. The lowest BCUT2D eigenvalue weighted by molar-refractivity contribution is 0.301. The number of nitrogens with zero attached hydrogens (tertiary/aromatic N) is 2. The first-order chi connectivity index (χ1) is 20.6. The Labute approximate surface area is 248 Å². The number of aromatic nitrogens is 2. The first-order valence-corrected chi connectivity index (χ1v) is 14.8. The molecule has 210 valence electrons. The van der Waals surface area contributed by atoms with Gasteiger partial charge in [-0.15, -0.1) is 0 Å². The molecule has 4 aromatic carbocycles. The van der Waals surface area contributed by atoms with Crippen molar-refractivity contribution in [3.8, 4) is 11.5 Å². The highest BCUT2D eigenvalue weighted by atomic mass is 16.5. The molecule has 0 aliphatic rings. The zero-order valence-electron chi connectivity index (χ0n) is 24.3. The maximum atomic E-state index is 6.11. The summed E-state index contributed by atoms with van der Waals surface area (Å²) in [5.41, 5.74) is 6.26. The Morgan fingerprint density at radius 2 is 1.00 bits per heavy atom. The van der Waals surface area contributed by atoms with Gasteiger partial charge in [0.25, 0.3) is 0 Å². The van der Waals surface area contributed by atoms with Crippen molar-refractivity contribution < 1.29 is 9.47 Å². The fourth-order valence-electron chi connectivity index (χ4n) is 5.52. The van der Waals surface area contributed by atoms with Gasteiger partial charge >= 0.3 is 0 Å². The molecular weight excluding hydrogens is 516 g/mol. The first kappa shape index (κ1) is 27.5. The Kier molecular flexibility index (Phi) is 8.14. The zero-order chi connectivity index (χ0) is 28.8. The maximum Gasteiger partial charge on any atom is 0.130 e. The number of ether oxygens (including phenoxy) is 2. The van der Waals surface area contributed by atoms with Crippen LogP contribution in [0.5, 0.6) is 11.5 Å². The highest BCUT2D eigenvalue weighted by Gasteiger charge is 2.28. The Balaban J connectivity index is 1.13. The smallest absolute Gasteiger partial charge is 0.130 e. The average molecular weight is 553 g/mol. The Morgan fingerprint density at radius 3 is 1.45 bits per heavy atom. The molecule has 2 heterocycles. The number of fused-ring (bicyclic) bond motifs is 2. The van der Waals surface area contributed by atoms with E-state index in [1.54, 1.807) is 0 Å². The predicted octanol–water partition coefficient (Wildman–Crippen LogP) is 9.44. The number of para-hydroxylation sites is 2. The van der Waals surface area contributed by atoms with Crippen molar-refractivity contribution in [3.05, 3.63) is 144 Å². The minimum absolute atomic E-state index is 0.118. The summed E-state index contributed by atoms with van der Waals surface area (Å²) < 4.78 is 12.2. The lowest BCUT2D eigenvalue weighted by Crippen LogP contribution is -2.23. The molecule has 0 unspecified atom stereocenters. The van der Waals surface area contributed by atoms with Crippen molar-refractivity contribution in [3.63, 3.8) is 0 Å². The predicted molar refractivity (Wildman–Crippen MR) is 171 cm³/mol. The molecule has 0 saturated heterocycles. The van der Waals surface area contributed by atoms with Gasteiger partial charge in [0.15, 0.2) is 0 Å². The molecule has 0 N–H and O–H groups in total. The molecule has 0 spiro atoms. The highest BCUT2D eigenvalue weighted by molar-refractivity contribution is 5.79. The quantitative estimate of drug-likeness (QED) is 0.161. The second-order valence-electron chi connectivity index (χ2n) is 11.1. The second kappa shape index (κ2) is 12.4. The lowest BCUT2D eigenvalue weighted by atomic mass is 9.73. The molecular formula is C38H36N2O2. The summed E-state index contributed by atoms with van der Waals surface area (Å²) in [7, 11) is 0. The number of pyridine rings is 2. The molecule has 0 amide bonds. The summed E-state index contributed by atoms with van der Waals surface area (Å²) >= 11 is 0. The van der Waals surface area contributed by atoms with Crippen LogP contribution in [0.4, 0.5) is 0 Å². The van der Waals surface area contributed by atoms with E-state index in [0.29, 0.717) is 13.2 Å². The van der Waals surface area contributed by atoms with Crippen LogP contribution in [0.25, 0.3) is 21.8 Å². The Morgan fingerprint density at radius 1 is 0.548 bits per heavy atom. The molecule has 0 aliphatic carbocycles. The van der Waals surface area contributed by atoms with Gasteiger partial charge < -0.3 is 9.47 Å². The summed E-state index contributed by atoms with van der Waals surface area (Å²) in [5, 5.41) is 2.27. The summed E-state index contributed by atoms with van der Waals surface area (Å²) in [5.74, 6) is 1.69. The highest BCUT2D eigenvalue weighted by Crippen LogP contribution is 2.38. The summed E-state index contributed by atoms with van der Waals surface area (Å²) in [4.78, 5) is 9.46. The average Bonchev–Trinajstić information content (AvgIpc) is 3.05. The van der Waals surface area contributed by atoms with Crippen LogP contribution in [0.15, 0.2) is 121 Å². The normalized spacial score (nSPS) is 11.6. The van der Waals surface area contributed by atoms with E-state index in [-0.39, 0.29) is 5.41 Å². The van der Waals surface area contributed by atoms with Gasteiger partial charge in [0.2, 0.25) is 0 Å². The van der Waals surface area contributed by atoms with E-state index in [4.69, 9.17) is 19.4 Å². The van der Waals surface area contributed by atoms with Crippen LogP contribution in [0, 0.1) is 0 Å².